The van der Waals surface area contributed by atoms with Gasteiger partial charge in [-0.2, -0.15) is 0 Å². The number of nitrogens with zero attached hydrogens (tertiary/aromatic N) is 2. The third-order valence-corrected chi connectivity index (χ3v) is 9.32. The molecule has 1 fully saturated rings. The van der Waals surface area contributed by atoms with Crippen LogP contribution in [0.4, 0.5) is 0 Å². The number of benzene rings is 2. The minimum absolute atomic E-state index is 0.691. The van der Waals surface area contributed by atoms with Gasteiger partial charge in [0.2, 0.25) is 0 Å². The van der Waals surface area contributed by atoms with Gasteiger partial charge < -0.3 is 0 Å². The van der Waals surface area contributed by atoms with E-state index in [9.17, 15) is 0 Å². The summed E-state index contributed by atoms with van der Waals surface area (Å²) in [6.07, 6.45) is 10.8. The van der Waals surface area contributed by atoms with E-state index in [4.69, 9.17) is 4.98 Å². The smallest absolute Gasteiger partial charge is 0.162 e. The molecule has 1 aromatic heterocycles. The van der Waals surface area contributed by atoms with E-state index >= 15 is 0 Å². The maximum atomic E-state index is 4.82. The lowest BCUT2D eigenvalue weighted by Crippen LogP contribution is -2.31. The summed E-state index contributed by atoms with van der Waals surface area (Å²) in [5.74, 6) is 0. The average Bonchev–Trinajstić information content (AvgIpc) is 3.12. The Morgan fingerprint density at radius 3 is 2.39 bits per heavy atom. The fraction of sp³-hybridized carbons (Fsp3) is 0.435. The summed E-state index contributed by atoms with van der Waals surface area (Å²) in [6.45, 7) is 1.11. The minimum Gasteiger partial charge on any atom is -0.237 e. The van der Waals surface area contributed by atoms with Crippen molar-refractivity contribution in [1.82, 2.24) is 9.29 Å². The second-order valence-corrected chi connectivity index (χ2v) is 10.9. The average molecular weight is 429 g/mol. The van der Waals surface area contributed by atoms with Crippen LogP contribution in [0.15, 0.2) is 58.9 Å². The molecule has 1 heterocycles. The molecule has 0 unspecified atom stereocenters. The molecule has 28 heavy (non-hydrogen) atoms. The quantitative estimate of drug-likeness (QED) is 0.284. The highest BCUT2D eigenvalue weighted by atomic mass is 33.1. The predicted octanol–water partition coefficient (Wildman–Crippen LogP) is 7.61. The number of hydrogen-bond acceptors (Lipinski definition) is 5. The summed E-state index contributed by atoms with van der Waals surface area (Å²) in [5.41, 5.74) is 2.56. The van der Waals surface area contributed by atoms with E-state index in [1.54, 1.807) is 0 Å². The molecule has 148 valence electrons. The first kappa shape index (κ1) is 20.3. The first-order valence-corrected chi connectivity index (χ1v) is 13.3. The van der Waals surface area contributed by atoms with Crippen molar-refractivity contribution in [3.63, 3.8) is 0 Å². The zero-order valence-corrected chi connectivity index (χ0v) is 18.7. The van der Waals surface area contributed by atoms with E-state index in [-0.39, 0.29) is 0 Å². The molecule has 0 radical (unpaired) electrons. The highest BCUT2D eigenvalue weighted by Gasteiger charge is 2.21. The van der Waals surface area contributed by atoms with Crippen molar-refractivity contribution in [2.24, 2.45) is 0 Å². The van der Waals surface area contributed by atoms with Gasteiger partial charge in [0.25, 0.3) is 0 Å². The van der Waals surface area contributed by atoms with Gasteiger partial charge in [-0.25, -0.2) is 9.29 Å². The van der Waals surface area contributed by atoms with Crippen LogP contribution < -0.4 is 0 Å². The van der Waals surface area contributed by atoms with Gasteiger partial charge in [0.1, 0.15) is 0 Å². The number of para-hydroxylation sites is 1. The topological polar surface area (TPSA) is 16.1 Å². The van der Waals surface area contributed by atoms with Crippen LogP contribution in [0.5, 0.6) is 0 Å². The predicted molar refractivity (Wildman–Crippen MR) is 126 cm³/mol. The second-order valence-electron chi connectivity index (χ2n) is 7.48. The van der Waals surface area contributed by atoms with Crippen molar-refractivity contribution in [3.8, 4) is 0 Å². The van der Waals surface area contributed by atoms with E-state index in [1.807, 2.05) is 33.1 Å². The summed E-state index contributed by atoms with van der Waals surface area (Å²) in [6, 6.07) is 20.1. The van der Waals surface area contributed by atoms with Crippen LogP contribution in [0.2, 0.25) is 0 Å². The molecule has 3 aromatic rings. The number of rotatable bonds is 7. The van der Waals surface area contributed by atoms with E-state index in [1.165, 1.54) is 59.5 Å². The fourth-order valence-electron chi connectivity index (χ4n) is 3.85. The van der Waals surface area contributed by atoms with Gasteiger partial charge in [0, 0.05) is 12.6 Å². The molecule has 0 spiro atoms. The summed E-state index contributed by atoms with van der Waals surface area (Å²) in [7, 11) is 3.77. The maximum Gasteiger partial charge on any atom is 0.162 e. The van der Waals surface area contributed by atoms with Gasteiger partial charge in [-0.15, -0.1) is 11.3 Å². The second kappa shape index (κ2) is 10.7. The number of fused-ring (bicyclic) bond motifs is 1. The van der Waals surface area contributed by atoms with Crippen molar-refractivity contribution in [2.45, 2.75) is 61.7 Å². The Morgan fingerprint density at radius 1 is 0.893 bits per heavy atom. The lowest BCUT2D eigenvalue weighted by atomic mass is 9.96. The Bertz CT molecular complexity index is 808. The standard InChI is InChI=1S/C23H28N2S3/c1-2-7-13-20(14-8-3-1)25(18-17-19-11-5-4-6-12-19)28-27-23-24-21-15-9-10-16-22(21)26-23/h4-6,9-12,15-16,20H,1-3,7-8,13-14,17-18H2. The third-order valence-electron chi connectivity index (χ3n) is 5.42. The molecule has 0 N–H and O–H groups in total. The van der Waals surface area contributed by atoms with Gasteiger partial charge in [-0.3, -0.25) is 0 Å². The van der Waals surface area contributed by atoms with Crippen LogP contribution in [0.3, 0.4) is 0 Å². The van der Waals surface area contributed by atoms with Crippen LogP contribution in [0.25, 0.3) is 10.2 Å². The van der Waals surface area contributed by atoms with Crippen LogP contribution >= 0.6 is 33.1 Å². The molecule has 1 aliphatic rings. The largest absolute Gasteiger partial charge is 0.237 e. The van der Waals surface area contributed by atoms with Gasteiger partial charge in [-0.05, 0) is 58.7 Å². The van der Waals surface area contributed by atoms with Crippen LogP contribution in [-0.4, -0.2) is 21.9 Å². The summed E-state index contributed by atoms with van der Waals surface area (Å²) >= 11 is 1.81. The van der Waals surface area contributed by atoms with Crippen LogP contribution in [0, 0.1) is 0 Å². The van der Waals surface area contributed by atoms with Gasteiger partial charge in [-0.1, -0.05) is 74.6 Å². The first-order valence-electron chi connectivity index (χ1n) is 10.4. The number of thiazole rings is 1. The lowest BCUT2D eigenvalue weighted by Gasteiger charge is -2.31. The molecule has 0 atom stereocenters. The van der Waals surface area contributed by atoms with Crippen molar-refractivity contribution in [2.75, 3.05) is 6.54 Å². The zero-order valence-electron chi connectivity index (χ0n) is 16.3. The van der Waals surface area contributed by atoms with E-state index in [0.717, 1.165) is 18.5 Å². The molecule has 1 aliphatic carbocycles. The molecule has 0 bridgehead atoms. The Balaban J connectivity index is 1.42. The van der Waals surface area contributed by atoms with Crippen molar-refractivity contribution in [3.05, 3.63) is 60.2 Å². The lowest BCUT2D eigenvalue weighted by molar-refractivity contribution is 0.291. The number of aromatic nitrogens is 1. The van der Waals surface area contributed by atoms with Crippen LogP contribution in [0.1, 0.15) is 50.5 Å². The molecule has 0 saturated heterocycles. The molecule has 4 rings (SSSR count). The molecule has 0 aliphatic heterocycles. The number of hydrogen-bond donors (Lipinski definition) is 0. The Morgan fingerprint density at radius 2 is 1.61 bits per heavy atom. The van der Waals surface area contributed by atoms with E-state index in [2.05, 4.69) is 58.9 Å². The molecule has 2 nitrogen and oxygen atoms in total. The molecule has 1 saturated carbocycles. The monoisotopic (exact) mass is 428 g/mol. The highest BCUT2D eigenvalue weighted by Crippen LogP contribution is 2.41. The van der Waals surface area contributed by atoms with Crippen molar-refractivity contribution in [1.29, 1.82) is 0 Å². The minimum atomic E-state index is 0.691. The molecular weight excluding hydrogens is 400 g/mol. The van der Waals surface area contributed by atoms with Gasteiger partial charge in [0.15, 0.2) is 4.34 Å². The Kier molecular flexibility index (Phi) is 7.73. The molecular formula is C23H28N2S3. The zero-order chi connectivity index (χ0) is 19.0. The normalized spacial score (nSPS) is 16.3. The third kappa shape index (κ3) is 5.76. The maximum absolute atomic E-state index is 4.82. The van der Waals surface area contributed by atoms with Crippen molar-refractivity contribution < 1.29 is 0 Å². The Hall–Kier alpha value is -1.01. The summed E-state index contributed by atoms with van der Waals surface area (Å²) in [5, 5.41) is 0. The van der Waals surface area contributed by atoms with Gasteiger partial charge >= 0.3 is 0 Å². The van der Waals surface area contributed by atoms with Gasteiger partial charge in [0.05, 0.1) is 10.2 Å². The first-order chi connectivity index (χ1) is 13.9. The van der Waals surface area contributed by atoms with Crippen LogP contribution in [-0.2, 0) is 6.42 Å². The summed E-state index contributed by atoms with van der Waals surface area (Å²) < 4.78 is 5.11. The highest BCUT2D eigenvalue weighted by molar-refractivity contribution is 8.76. The summed E-state index contributed by atoms with van der Waals surface area (Å²) in [4.78, 5) is 4.82. The van der Waals surface area contributed by atoms with Crippen molar-refractivity contribution >= 4 is 43.3 Å². The molecule has 2 aromatic carbocycles. The van der Waals surface area contributed by atoms with E-state index in [0.29, 0.717) is 6.04 Å². The Labute approximate surface area is 180 Å². The molecule has 0 amide bonds. The molecule has 5 heteroatoms. The SMILES string of the molecule is c1ccc(CCN(SSc2nc3ccccc3s2)C2CCCCCCC2)cc1. The fourth-order valence-corrected chi connectivity index (χ4v) is 7.51. The van der Waals surface area contributed by atoms with E-state index < -0.39 is 0 Å².